The van der Waals surface area contributed by atoms with Gasteiger partial charge >= 0.3 is 0 Å². The third-order valence-electron chi connectivity index (χ3n) is 3.55. The molecule has 0 spiro atoms. The first kappa shape index (κ1) is 12.8. The molecule has 0 saturated heterocycles. The Balaban J connectivity index is 1.75. The summed E-state index contributed by atoms with van der Waals surface area (Å²) in [4.78, 5) is 37.0. The zero-order valence-electron chi connectivity index (χ0n) is 10.9. The van der Waals surface area contributed by atoms with Crippen molar-refractivity contribution in [1.29, 1.82) is 0 Å². The summed E-state index contributed by atoms with van der Waals surface area (Å²) in [6, 6.07) is 5.15. The minimum absolute atomic E-state index is 0.127. The second-order valence-corrected chi connectivity index (χ2v) is 5.09. The van der Waals surface area contributed by atoms with Crippen LogP contribution in [0, 0.1) is 0 Å². The van der Waals surface area contributed by atoms with E-state index in [1.54, 1.807) is 12.1 Å². The molecule has 0 aromatic heterocycles. The average Bonchev–Trinajstić information content (AvgIpc) is 3.18. The number of nitrogens with zero attached hydrogens (tertiary/aromatic N) is 1. The summed E-state index contributed by atoms with van der Waals surface area (Å²) >= 11 is 0. The first-order valence-corrected chi connectivity index (χ1v) is 6.63. The van der Waals surface area contributed by atoms with Crippen molar-refractivity contribution in [3.63, 3.8) is 0 Å². The summed E-state index contributed by atoms with van der Waals surface area (Å²) in [5, 5.41) is 3.18. The molecule has 1 fully saturated rings. The molecular formula is C14H15N3O3. The maximum absolute atomic E-state index is 12.2. The quantitative estimate of drug-likeness (QED) is 0.617. The van der Waals surface area contributed by atoms with Crippen molar-refractivity contribution in [2.45, 2.75) is 25.3 Å². The number of nitrogen functional groups attached to an aromatic ring is 1. The monoisotopic (exact) mass is 273 g/mol. The third kappa shape index (κ3) is 2.08. The van der Waals surface area contributed by atoms with Crippen molar-refractivity contribution in [2.24, 2.45) is 0 Å². The maximum Gasteiger partial charge on any atom is 0.270 e. The van der Waals surface area contributed by atoms with E-state index >= 15 is 0 Å². The summed E-state index contributed by atoms with van der Waals surface area (Å²) in [5.74, 6) is -1.67. The molecule has 1 aromatic rings. The normalized spacial score (nSPS) is 17.5. The van der Waals surface area contributed by atoms with Gasteiger partial charge in [0.2, 0.25) is 5.91 Å². The predicted molar refractivity (Wildman–Crippen MR) is 72.0 cm³/mol. The number of hydrogen-bond acceptors (Lipinski definition) is 5. The lowest BCUT2D eigenvalue weighted by Crippen LogP contribution is -2.37. The number of carbonyl (C=O) groups is 3. The number of benzene rings is 1. The van der Waals surface area contributed by atoms with Crippen LogP contribution in [0.15, 0.2) is 18.2 Å². The molecule has 104 valence electrons. The third-order valence-corrected chi connectivity index (χ3v) is 3.55. The minimum atomic E-state index is -0.612. The van der Waals surface area contributed by atoms with Crippen molar-refractivity contribution in [3.8, 4) is 0 Å². The van der Waals surface area contributed by atoms with E-state index in [9.17, 15) is 14.4 Å². The van der Waals surface area contributed by atoms with Crippen LogP contribution < -0.4 is 11.1 Å². The van der Waals surface area contributed by atoms with Crippen LogP contribution in [0.5, 0.6) is 0 Å². The van der Waals surface area contributed by atoms with Crippen molar-refractivity contribution in [3.05, 3.63) is 29.3 Å². The fourth-order valence-corrected chi connectivity index (χ4v) is 2.32. The smallest absolute Gasteiger partial charge is 0.270 e. The number of nitrogens with two attached hydrogens (primary N) is 1. The number of nitrogens with one attached hydrogen (secondary N) is 1. The van der Waals surface area contributed by atoms with Gasteiger partial charge in [0.05, 0.1) is 11.1 Å². The van der Waals surface area contributed by atoms with Gasteiger partial charge in [-0.05, 0) is 25.0 Å². The summed E-state index contributed by atoms with van der Waals surface area (Å²) in [7, 11) is 0. The Kier molecular flexibility index (Phi) is 3.02. The van der Waals surface area contributed by atoms with Gasteiger partial charge in [0.25, 0.3) is 11.8 Å². The van der Waals surface area contributed by atoms with Crippen molar-refractivity contribution >= 4 is 23.4 Å². The molecule has 0 radical (unpaired) electrons. The fraction of sp³-hybridized carbons (Fsp3) is 0.357. The topological polar surface area (TPSA) is 92.5 Å². The Morgan fingerprint density at radius 1 is 1.30 bits per heavy atom. The zero-order chi connectivity index (χ0) is 14.3. The molecule has 6 heteroatoms. The van der Waals surface area contributed by atoms with Gasteiger partial charge in [0, 0.05) is 24.7 Å². The van der Waals surface area contributed by atoms with E-state index < -0.39 is 17.7 Å². The first-order chi connectivity index (χ1) is 9.59. The molecule has 1 aromatic carbocycles. The number of fused-ring (bicyclic) bond motifs is 1. The molecule has 1 aliphatic heterocycles. The van der Waals surface area contributed by atoms with Gasteiger partial charge < -0.3 is 11.1 Å². The van der Waals surface area contributed by atoms with E-state index in [1.807, 2.05) is 0 Å². The SMILES string of the molecule is Nc1cccc2c1C(=O)N(C(=O)CCNC1CC1)C2=O. The van der Waals surface area contributed by atoms with Crippen LogP contribution in [0.4, 0.5) is 5.69 Å². The van der Waals surface area contributed by atoms with Crippen LogP contribution in [0.25, 0.3) is 0 Å². The highest BCUT2D eigenvalue weighted by molar-refractivity contribution is 6.30. The van der Waals surface area contributed by atoms with Gasteiger partial charge in [-0.25, -0.2) is 4.90 Å². The highest BCUT2D eigenvalue weighted by Gasteiger charge is 2.40. The predicted octanol–water partition coefficient (Wildman–Crippen LogP) is 0.533. The Morgan fingerprint density at radius 3 is 2.70 bits per heavy atom. The van der Waals surface area contributed by atoms with Crippen molar-refractivity contribution in [2.75, 3.05) is 12.3 Å². The van der Waals surface area contributed by atoms with E-state index in [0.29, 0.717) is 17.5 Å². The summed E-state index contributed by atoms with van der Waals surface area (Å²) < 4.78 is 0. The molecule has 20 heavy (non-hydrogen) atoms. The summed E-state index contributed by atoms with van der Waals surface area (Å²) in [6.45, 7) is 0.479. The van der Waals surface area contributed by atoms with Crippen LogP contribution in [0.1, 0.15) is 40.0 Å². The lowest BCUT2D eigenvalue weighted by Gasteiger charge is -2.12. The van der Waals surface area contributed by atoms with Gasteiger partial charge in [0.15, 0.2) is 0 Å². The van der Waals surface area contributed by atoms with Crippen LogP contribution >= 0.6 is 0 Å². The number of anilines is 1. The molecule has 2 aliphatic rings. The second-order valence-electron chi connectivity index (χ2n) is 5.09. The molecule has 6 nitrogen and oxygen atoms in total. The molecule has 0 bridgehead atoms. The van der Waals surface area contributed by atoms with Crippen LogP contribution in [0.3, 0.4) is 0 Å². The van der Waals surface area contributed by atoms with Gasteiger partial charge in [-0.2, -0.15) is 0 Å². The molecule has 0 unspecified atom stereocenters. The average molecular weight is 273 g/mol. The standard InChI is InChI=1S/C14H15N3O3/c15-10-3-1-2-9-12(10)14(20)17(13(9)19)11(18)6-7-16-8-4-5-8/h1-3,8,16H,4-7,15H2. The summed E-state index contributed by atoms with van der Waals surface area (Å²) in [5.41, 5.74) is 6.29. The molecular weight excluding hydrogens is 258 g/mol. The number of hydrogen-bond donors (Lipinski definition) is 2. The minimum Gasteiger partial charge on any atom is -0.398 e. The van der Waals surface area contributed by atoms with Gasteiger partial charge in [-0.3, -0.25) is 14.4 Å². The number of imide groups is 3. The maximum atomic E-state index is 12.2. The fourth-order valence-electron chi connectivity index (χ4n) is 2.32. The lowest BCUT2D eigenvalue weighted by atomic mass is 10.1. The molecule has 1 saturated carbocycles. The van der Waals surface area contributed by atoms with Crippen molar-refractivity contribution in [1.82, 2.24) is 10.2 Å². The Labute approximate surface area is 115 Å². The van der Waals surface area contributed by atoms with Crippen LogP contribution in [0.2, 0.25) is 0 Å². The number of carbonyl (C=O) groups excluding carboxylic acids is 3. The van der Waals surface area contributed by atoms with Crippen LogP contribution in [-0.4, -0.2) is 35.2 Å². The Bertz CT molecular complexity index is 608. The van der Waals surface area contributed by atoms with E-state index in [0.717, 1.165) is 12.8 Å². The largest absolute Gasteiger partial charge is 0.398 e. The van der Waals surface area contributed by atoms with Crippen molar-refractivity contribution < 1.29 is 14.4 Å². The lowest BCUT2D eigenvalue weighted by molar-refractivity contribution is -0.126. The van der Waals surface area contributed by atoms with Gasteiger partial charge in [-0.15, -0.1) is 0 Å². The first-order valence-electron chi connectivity index (χ1n) is 6.63. The zero-order valence-corrected chi connectivity index (χ0v) is 10.9. The van der Waals surface area contributed by atoms with Gasteiger partial charge in [0.1, 0.15) is 0 Å². The molecule has 1 aliphatic carbocycles. The van der Waals surface area contributed by atoms with E-state index in [2.05, 4.69) is 5.32 Å². The molecule has 0 atom stereocenters. The van der Waals surface area contributed by atoms with Crippen LogP contribution in [-0.2, 0) is 4.79 Å². The second kappa shape index (κ2) is 4.72. The Hall–Kier alpha value is -2.21. The van der Waals surface area contributed by atoms with E-state index in [1.165, 1.54) is 6.07 Å². The van der Waals surface area contributed by atoms with Gasteiger partial charge in [-0.1, -0.05) is 6.07 Å². The summed E-state index contributed by atoms with van der Waals surface area (Å²) in [6.07, 6.45) is 2.37. The Morgan fingerprint density at radius 2 is 2.05 bits per heavy atom. The molecule has 3 N–H and O–H groups in total. The molecule has 3 rings (SSSR count). The number of rotatable bonds is 4. The molecule has 1 heterocycles. The highest BCUT2D eigenvalue weighted by Crippen LogP contribution is 2.28. The number of amides is 3. The highest BCUT2D eigenvalue weighted by atomic mass is 16.2. The van der Waals surface area contributed by atoms with E-state index in [-0.39, 0.29) is 23.2 Å². The van der Waals surface area contributed by atoms with E-state index in [4.69, 9.17) is 5.73 Å². The molecule has 3 amide bonds.